The predicted octanol–water partition coefficient (Wildman–Crippen LogP) is 2.64. The molecule has 1 aliphatic heterocycles. The highest BCUT2D eigenvalue weighted by atomic mass is 32.2. The fourth-order valence-electron chi connectivity index (χ4n) is 2.18. The fourth-order valence-corrected chi connectivity index (χ4v) is 3.27. The van der Waals surface area contributed by atoms with E-state index in [2.05, 4.69) is 11.9 Å². The molecule has 0 radical (unpaired) electrons. The van der Waals surface area contributed by atoms with Crippen molar-refractivity contribution in [2.75, 3.05) is 24.2 Å². The Hall–Kier alpha value is -2.16. The van der Waals surface area contributed by atoms with Crippen molar-refractivity contribution in [3.05, 3.63) is 36.4 Å². The first-order valence-electron chi connectivity index (χ1n) is 6.96. The minimum Gasteiger partial charge on any atom is -0.507 e. The summed E-state index contributed by atoms with van der Waals surface area (Å²) in [7, 11) is 0. The number of alkyl halides is 3. The molecule has 1 unspecified atom stereocenters. The fraction of sp³-hybridized carbons (Fsp3) is 0.333. The molecule has 1 heterocycles. The van der Waals surface area contributed by atoms with E-state index in [9.17, 15) is 27.9 Å². The molecule has 1 fully saturated rings. The summed E-state index contributed by atoms with van der Waals surface area (Å²) in [6.45, 7) is 2.97. The smallest absolute Gasteiger partial charge is 0.402 e. The molecule has 1 aliphatic rings. The Morgan fingerprint density at radius 1 is 1.42 bits per heavy atom. The molecule has 0 spiro atoms. The van der Waals surface area contributed by atoms with Gasteiger partial charge in [0.15, 0.2) is 0 Å². The lowest BCUT2D eigenvalue weighted by Crippen LogP contribution is -2.47. The molecule has 1 saturated heterocycles. The van der Waals surface area contributed by atoms with E-state index in [1.807, 2.05) is 0 Å². The van der Waals surface area contributed by atoms with Crippen molar-refractivity contribution < 1.29 is 27.9 Å². The number of anilines is 1. The van der Waals surface area contributed by atoms with Gasteiger partial charge in [-0.25, -0.2) is 0 Å². The largest absolute Gasteiger partial charge is 0.507 e. The van der Waals surface area contributed by atoms with Gasteiger partial charge in [-0.1, -0.05) is 6.58 Å². The maximum Gasteiger partial charge on any atom is 0.402 e. The molecule has 1 atom stereocenters. The van der Waals surface area contributed by atoms with Crippen molar-refractivity contribution in [2.45, 2.75) is 11.4 Å². The molecule has 1 aromatic rings. The van der Waals surface area contributed by atoms with Crippen LogP contribution < -0.4 is 5.32 Å². The van der Waals surface area contributed by atoms with Gasteiger partial charge >= 0.3 is 6.18 Å². The Kier molecular flexibility index (Phi) is 5.43. The van der Waals surface area contributed by atoms with Crippen LogP contribution >= 0.6 is 11.8 Å². The third-order valence-electron chi connectivity index (χ3n) is 3.40. The molecule has 0 bridgehead atoms. The van der Waals surface area contributed by atoms with Crippen molar-refractivity contribution in [2.24, 2.45) is 0 Å². The van der Waals surface area contributed by atoms with Gasteiger partial charge in [0.05, 0.1) is 5.56 Å². The first-order valence-corrected chi connectivity index (χ1v) is 8.01. The highest BCUT2D eigenvalue weighted by Gasteiger charge is 2.43. The number of hydrogen-bond donors (Lipinski definition) is 2. The topological polar surface area (TPSA) is 69.6 Å². The van der Waals surface area contributed by atoms with Gasteiger partial charge in [0, 0.05) is 24.5 Å². The van der Waals surface area contributed by atoms with E-state index < -0.39 is 29.8 Å². The van der Waals surface area contributed by atoms with Crippen LogP contribution in [-0.4, -0.2) is 52.1 Å². The van der Waals surface area contributed by atoms with Crippen molar-refractivity contribution in [3.63, 3.8) is 0 Å². The van der Waals surface area contributed by atoms with Crippen LogP contribution in [0.15, 0.2) is 30.9 Å². The van der Waals surface area contributed by atoms with Gasteiger partial charge < -0.3 is 15.3 Å². The lowest BCUT2D eigenvalue weighted by Gasteiger charge is -2.33. The van der Waals surface area contributed by atoms with E-state index in [-0.39, 0.29) is 29.3 Å². The summed E-state index contributed by atoms with van der Waals surface area (Å²) in [6.07, 6.45) is -3.37. The number of nitrogens with zero attached hydrogens (tertiary/aromatic N) is 1. The molecule has 5 nitrogen and oxygen atoms in total. The number of halogens is 3. The quantitative estimate of drug-likeness (QED) is 0.642. The number of benzene rings is 1. The zero-order valence-electron chi connectivity index (χ0n) is 12.5. The zero-order valence-corrected chi connectivity index (χ0v) is 13.3. The molecule has 24 heavy (non-hydrogen) atoms. The summed E-state index contributed by atoms with van der Waals surface area (Å²) in [5, 5.41) is 10.6. The molecule has 0 saturated carbocycles. The average molecular weight is 360 g/mol. The Morgan fingerprint density at radius 2 is 2.12 bits per heavy atom. The van der Waals surface area contributed by atoms with Gasteiger partial charge in [-0.2, -0.15) is 13.2 Å². The molecule has 2 rings (SSSR count). The molecule has 2 amide bonds. The number of carbonyl (C=O) groups excluding carboxylic acids is 2. The molecule has 0 aliphatic carbocycles. The van der Waals surface area contributed by atoms with Crippen LogP contribution in [0.3, 0.4) is 0 Å². The number of aromatic hydroxyl groups is 1. The number of nitrogens with one attached hydrogen (secondary N) is 1. The summed E-state index contributed by atoms with van der Waals surface area (Å²) >= 11 is 0.756. The average Bonchev–Trinajstić information content (AvgIpc) is 2.55. The second-order valence-corrected chi connectivity index (χ2v) is 6.39. The number of phenols is 1. The molecule has 0 aromatic heterocycles. The Morgan fingerprint density at radius 3 is 2.75 bits per heavy atom. The highest BCUT2D eigenvalue weighted by molar-refractivity contribution is 8.00. The molecule has 130 valence electrons. The van der Waals surface area contributed by atoms with Crippen LogP contribution in [0.5, 0.6) is 5.75 Å². The number of carbonyl (C=O) groups is 2. The normalized spacial score (nSPS) is 18.1. The zero-order chi connectivity index (χ0) is 17.9. The minimum atomic E-state index is -4.40. The second-order valence-electron chi connectivity index (χ2n) is 5.08. The summed E-state index contributed by atoms with van der Waals surface area (Å²) in [4.78, 5) is 24.8. The first kappa shape index (κ1) is 18.2. The van der Waals surface area contributed by atoms with Gasteiger partial charge in [0.25, 0.3) is 5.91 Å². The standard InChI is InChI=1S/C15H15F3N2O3S/c1-2-13(22)19-9-3-4-11(21)10(7-9)14(23)20-5-6-24-12(8-20)15(16,17)18/h2-4,7,12,21H,1,5-6,8H2,(H,19,22). The Bertz CT molecular complexity index is 664. The lowest BCUT2D eigenvalue weighted by molar-refractivity contribution is -0.131. The summed E-state index contributed by atoms with van der Waals surface area (Å²) in [5.41, 5.74) is 0.0736. The Labute approximate surface area is 140 Å². The van der Waals surface area contributed by atoms with Crippen molar-refractivity contribution >= 4 is 29.3 Å². The minimum absolute atomic E-state index is 0.152. The maximum atomic E-state index is 12.8. The SMILES string of the molecule is C=CC(=O)Nc1ccc(O)c(C(=O)N2CCSC(C(F)(F)F)C2)c1. The predicted molar refractivity (Wildman–Crippen MR) is 85.1 cm³/mol. The summed E-state index contributed by atoms with van der Waals surface area (Å²) in [6, 6.07) is 3.80. The van der Waals surface area contributed by atoms with Crippen molar-refractivity contribution in [1.29, 1.82) is 0 Å². The lowest BCUT2D eigenvalue weighted by atomic mass is 10.1. The van der Waals surface area contributed by atoms with E-state index >= 15 is 0 Å². The van der Waals surface area contributed by atoms with Crippen LogP contribution in [0.2, 0.25) is 0 Å². The van der Waals surface area contributed by atoms with E-state index in [0.717, 1.165) is 22.7 Å². The van der Waals surface area contributed by atoms with Crippen LogP contribution in [-0.2, 0) is 4.79 Å². The van der Waals surface area contributed by atoms with Gasteiger partial charge in [0.1, 0.15) is 11.0 Å². The number of hydrogen-bond acceptors (Lipinski definition) is 4. The van der Waals surface area contributed by atoms with Gasteiger partial charge in [-0.15, -0.1) is 11.8 Å². The Balaban J connectivity index is 2.20. The first-order chi connectivity index (χ1) is 11.2. The molecular formula is C15H15F3N2O3S. The summed E-state index contributed by atoms with van der Waals surface area (Å²) in [5.74, 6) is -1.43. The molecule has 2 N–H and O–H groups in total. The third-order valence-corrected chi connectivity index (χ3v) is 4.64. The number of thioether (sulfide) groups is 1. The number of amides is 2. The second kappa shape index (κ2) is 7.16. The van der Waals surface area contributed by atoms with Crippen molar-refractivity contribution in [1.82, 2.24) is 4.90 Å². The van der Waals surface area contributed by atoms with Crippen LogP contribution in [0.4, 0.5) is 18.9 Å². The molecule has 9 heteroatoms. The number of phenolic OH excluding ortho intramolecular Hbond substituents is 1. The third kappa shape index (κ3) is 4.22. The van der Waals surface area contributed by atoms with E-state index in [1.54, 1.807) is 0 Å². The highest BCUT2D eigenvalue weighted by Crippen LogP contribution is 2.34. The van der Waals surface area contributed by atoms with Crippen LogP contribution in [0.1, 0.15) is 10.4 Å². The molecular weight excluding hydrogens is 345 g/mol. The van der Waals surface area contributed by atoms with Crippen LogP contribution in [0, 0.1) is 0 Å². The monoisotopic (exact) mass is 360 g/mol. The summed E-state index contributed by atoms with van der Waals surface area (Å²) < 4.78 is 38.5. The molecule has 1 aromatic carbocycles. The van der Waals surface area contributed by atoms with Gasteiger partial charge in [-0.3, -0.25) is 9.59 Å². The number of rotatable bonds is 3. The van der Waals surface area contributed by atoms with E-state index in [4.69, 9.17) is 0 Å². The van der Waals surface area contributed by atoms with Crippen LogP contribution in [0.25, 0.3) is 0 Å². The van der Waals surface area contributed by atoms with E-state index in [0.29, 0.717) is 0 Å². The van der Waals surface area contributed by atoms with Gasteiger partial charge in [-0.05, 0) is 24.3 Å². The van der Waals surface area contributed by atoms with E-state index in [1.165, 1.54) is 18.2 Å². The van der Waals surface area contributed by atoms with Gasteiger partial charge in [0.2, 0.25) is 5.91 Å². The maximum absolute atomic E-state index is 12.8. The van der Waals surface area contributed by atoms with Crippen molar-refractivity contribution in [3.8, 4) is 5.75 Å².